The van der Waals surface area contributed by atoms with Crippen molar-refractivity contribution in [2.45, 2.75) is 13.0 Å². The van der Waals surface area contributed by atoms with E-state index in [1.807, 2.05) is 0 Å². The molecule has 21 heavy (non-hydrogen) atoms. The van der Waals surface area contributed by atoms with Crippen molar-refractivity contribution in [3.05, 3.63) is 58.1 Å². The van der Waals surface area contributed by atoms with Crippen molar-refractivity contribution in [1.82, 2.24) is 0 Å². The molecular weight excluding hydrogens is 282 g/mol. The van der Waals surface area contributed by atoms with E-state index in [2.05, 4.69) is 41.5 Å². The average molecular weight is 298 g/mol. The first-order chi connectivity index (χ1) is 10.2. The number of hydrogen-bond acceptors (Lipinski definition) is 3. The molecule has 3 rings (SSSR count). The van der Waals surface area contributed by atoms with Crippen molar-refractivity contribution in [3.8, 4) is 6.07 Å². The minimum absolute atomic E-state index is 0.609. The Balaban J connectivity index is 1.75. The van der Waals surface area contributed by atoms with Crippen LogP contribution in [0.4, 0.5) is 11.4 Å². The van der Waals surface area contributed by atoms with Gasteiger partial charge in [0.25, 0.3) is 0 Å². The maximum Gasteiger partial charge on any atom is 0.0992 e. The van der Waals surface area contributed by atoms with Crippen molar-refractivity contribution < 1.29 is 0 Å². The molecule has 2 aromatic carbocycles. The number of benzene rings is 2. The summed E-state index contributed by atoms with van der Waals surface area (Å²) in [5, 5.41) is 12.9. The minimum atomic E-state index is 0.609. The van der Waals surface area contributed by atoms with E-state index < -0.39 is 0 Å². The van der Waals surface area contributed by atoms with Crippen LogP contribution in [-0.4, -0.2) is 13.6 Å². The highest BCUT2D eigenvalue weighted by Crippen LogP contribution is 2.28. The van der Waals surface area contributed by atoms with Gasteiger partial charge >= 0.3 is 0 Å². The van der Waals surface area contributed by atoms with Crippen molar-refractivity contribution in [1.29, 1.82) is 5.26 Å². The van der Waals surface area contributed by atoms with Gasteiger partial charge in [0.1, 0.15) is 0 Å². The lowest BCUT2D eigenvalue weighted by Crippen LogP contribution is -2.12. The fourth-order valence-electron chi connectivity index (χ4n) is 2.66. The van der Waals surface area contributed by atoms with E-state index in [9.17, 15) is 0 Å². The number of nitriles is 1. The minimum Gasteiger partial charge on any atom is -0.380 e. The standard InChI is InChI=1S/C17H16ClN3/c1-21-7-6-14-8-13(3-5-17(14)21)11-20-16-9-12(10-19)2-4-15(16)18/h2-5,8-9,20H,6-7,11H2,1H3. The van der Waals surface area contributed by atoms with Crippen LogP contribution in [0.3, 0.4) is 0 Å². The van der Waals surface area contributed by atoms with Gasteiger partial charge in [-0.25, -0.2) is 0 Å². The average Bonchev–Trinajstić information content (AvgIpc) is 2.87. The van der Waals surface area contributed by atoms with Crippen LogP contribution in [-0.2, 0) is 13.0 Å². The molecule has 0 aliphatic carbocycles. The largest absolute Gasteiger partial charge is 0.380 e. The van der Waals surface area contributed by atoms with Crippen LogP contribution < -0.4 is 10.2 Å². The van der Waals surface area contributed by atoms with Crippen molar-refractivity contribution in [3.63, 3.8) is 0 Å². The second-order valence-electron chi connectivity index (χ2n) is 5.29. The third-order valence-corrected chi connectivity index (χ3v) is 4.18. The van der Waals surface area contributed by atoms with E-state index in [1.54, 1.807) is 18.2 Å². The van der Waals surface area contributed by atoms with Gasteiger partial charge in [0.15, 0.2) is 0 Å². The van der Waals surface area contributed by atoms with Crippen LogP contribution in [0.5, 0.6) is 0 Å². The summed E-state index contributed by atoms with van der Waals surface area (Å²) in [7, 11) is 2.12. The Morgan fingerprint density at radius 2 is 2.14 bits per heavy atom. The fourth-order valence-corrected chi connectivity index (χ4v) is 2.84. The molecule has 0 spiro atoms. The first kappa shape index (κ1) is 13.8. The molecule has 106 valence electrons. The summed E-state index contributed by atoms with van der Waals surface area (Å²) >= 11 is 6.15. The molecule has 0 amide bonds. The molecule has 1 aliphatic heterocycles. The second-order valence-corrected chi connectivity index (χ2v) is 5.70. The molecule has 1 heterocycles. The van der Waals surface area contributed by atoms with Gasteiger partial charge in [0.2, 0.25) is 0 Å². The van der Waals surface area contributed by atoms with Crippen LogP contribution >= 0.6 is 11.6 Å². The normalized spacial score (nSPS) is 12.9. The molecule has 0 aromatic heterocycles. The molecule has 0 bridgehead atoms. The molecule has 4 heteroatoms. The summed E-state index contributed by atoms with van der Waals surface area (Å²) in [6.45, 7) is 1.79. The lowest BCUT2D eigenvalue weighted by molar-refractivity contribution is 0.955. The lowest BCUT2D eigenvalue weighted by Gasteiger charge is -2.13. The maximum atomic E-state index is 8.94. The van der Waals surface area contributed by atoms with Gasteiger partial charge in [-0.05, 0) is 41.8 Å². The fraction of sp³-hybridized carbons (Fsp3) is 0.235. The van der Waals surface area contributed by atoms with Crippen molar-refractivity contribution in [2.75, 3.05) is 23.8 Å². The predicted octanol–water partition coefficient (Wildman–Crippen LogP) is 3.82. The van der Waals surface area contributed by atoms with E-state index >= 15 is 0 Å². The molecule has 1 N–H and O–H groups in total. The number of anilines is 2. The van der Waals surface area contributed by atoms with Gasteiger partial charge in [-0.1, -0.05) is 23.7 Å². The number of halogens is 1. The monoisotopic (exact) mass is 297 g/mol. The van der Waals surface area contributed by atoms with E-state index in [1.165, 1.54) is 16.8 Å². The molecule has 3 nitrogen and oxygen atoms in total. The summed E-state index contributed by atoms with van der Waals surface area (Å²) in [5.74, 6) is 0. The number of nitrogens with one attached hydrogen (secondary N) is 1. The molecule has 2 aromatic rings. The highest BCUT2D eigenvalue weighted by molar-refractivity contribution is 6.33. The van der Waals surface area contributed by atoms with E-state index in [-0.39, 0.29) is 0 Å². The van der Waals surface area contributed by atoms with Gasteiger partial charge in [0, 0.05) is 25.8 Å². The molecule has 0 unspecified atom stereocenters. The zero-order chi connectivity index (χ0) is 14.8. The number of nitrogens with zero attached hydrogens (tertiary/aromatic N) is 2. The Bertz CT molecular complexity index is 718. The smallest absolute Gasteiger partial charge is 0.0992 e. The van der Waals surface area contributed by atoms with Crippen LogP contribution in [0.25, 0.3) is 0 Å². The van der Waals surface area contributed by atoms with Crippen molar-refractivity contribution in [2.24, 2.45) is 0 Å². The third-order valence-electron chi connectivity index (χ3n) is 3.85. The van der Waals surface area contributed by atoms with Gasteiger partial charge < -0.3 is 10.2 Å². The van der Waals surface area contributed by atoms with Crippen molar-refractivity contribution >= 4 is 23.0 Å². The van der Waals surface area contributed by atoms with Crippen LogP contribution in [0.2, 0.25) is 5.02 Å². The van der Waals surface area contributed by atoms with E-state index in [4.69, 9.17) is 16.9 Å². The Hall–Kier alpha value is -2.18. The second kappa shape index (κ2) is 5.67. The van der Waals surface area contributed by atoms with Gasteiger partial charge in [0.05, 0.1) is 22.3 Å². The summed E-state index contributed by atoms with van der Waals surface area (Å²) in [6, 6.07) is 13.9. The Labute approximate surface area is 129 Å². The first-order valence-electron chi connectivity index (χ1n) is 6.94. The number of likely N-dealkylation sites (N-methyl/N-ethyl adjacent to an activating group) is 1. The maximum absolute atomic E-state index is 8.94. The quantitative estimate of drug-likeness (QED) is 0.936. The van der Waals surface area contributed by atoms with Crippen LogP contribution in [0.1, 0.15) is 16.7 Å². The SMILES string of the molecule is CN1CCc2cc(CNc3cc(C#N)ccc3Cl)ccc21. The first-order valence-corrected chi connectivity index (χ1v) is 7.31. The molecule has 1 aliphatic rings. The molecule has 0 saturated carbocycles. The molecule has 0 radical (unpaired) electrons. The Morgan fingerprint density at radius 1 is 1.29 bits per heavy atom. The molecule has 0 saturated heterocycles. The number of rotatable bonds is 3. The van der Waals surface area contributed by atoms with E-state index in [0.29, 0.717) is 17.1 Å². The van der Waals surface area contributed by atoms with Gasteiger partial charge in [-0.3, -0.25) is 0 Å². The van der Waals surface area contributed by atoms with Gasteiger partial charge in [-0.15, -0.1) is 0 Å². The zero-order valence-electron chi connectivity index (χ0n) is 11.9. The van der Waals surface area contributed by atoms with Gasteiger partial charge in [-0.2, -0.15) is 5.26 Å². The van der Waals surface area contributed by atoms with Crippen LogP contribution in [0, 0.1) is 11.3 Å². The highest BCUT2D eigenvalue weighted by Gasteiger charge is 2.15. The molecule has 0 atom stereocenters. The van der Waals surface area contributed by atoms with Crippen LogP contribution in [0.15, 0.2) is 36.4 Å². The Kier molecular flexibility index (Phi) is 3.72. The highest BCUT2D eigenvalue weighted by atomic mass is 35.5. The topological polar surface area (TPSA) is 39.1 Å². The summed E-state index contributed by atoms with van der Waals surface area (Å²) in [6.07, 6.45) is 1.10. The predicted molar refractivity (Wildman–Crippen MR) is 86.9 cm³/mol. The number of fused-ring (bicyclic) bond motifs is 1. The summed E-state index contributed by atoms with van der Waals surface area (Å²) in [4.78, 5) is 2.28. The summed E-state index contributed by atoms with van der Waals surface area (Å²) < 4.78 is 0. The number of hydrogen-bond donors (Lipinski definition) is 1. The lowest BCUT2D eigenvalue weighted by atomic mass is 10.1. The Morgan fingerprint density at radius 3 is 2.95 bits per heavy atom. The zero-order valence-corrected chi connectivity index (χ0v) is 12.6. The molecule has 0 fully saturated rings. The summed E-state index contributed by atoms with van der Waals surface area (Å²) in [5.41, 5.74) is 5.35. The van der Waals surface area contributed by atoms with E-state index in [0.717, 1.165) is 18.7 Å². The molecular formula is C17H16ClN3. The third kappa shape index (κ3) is 2.81.